The molecule has 0 radical (unpaired) electrons. The maximum atomic E-state index is 2.39. The van der Waals surface area contributed by atoms with E-state index in [2.05, 4.69) is 170 Å². The van der Waals surface area contributed by atoms with Crippen LogP contribution in [0.5, 0.6) is 0 Å². The molecule has 0 aromatic heterocycles. The maximum Gasteiger partial charge on any atom is -0.00262 e. The molecule has 0 aliphatic heterocycles. The first-order valence-electron chi connectivity index (χ1n) is 15.3. The molecule has 204 valence electrons. The van der Waals surface area contributed by atoms with Crippen LogP contribution >= 0.6 is 0 Å². The van der Waals surface area contributed by atoms with Crippen molar-refractivity contribution in [1.29, 1.82) is 0 Å². The van der Waals surface area contributed by atoms with Crippen LogP contribution in [0.4, 0.5) is 0 Å². The zero-order valence-electron chi connectivity index (χ0n) is 24.2. The Labute approximate surface area is 256 Å². The van der Waals surface area contributed by atoms with Crippen LogP contribution in [0.25, 0.3) is 87.2 Å². The maximum absolute atomic E-state index is 2.39. The van der Waals surface area contributed by atoms with Gasteiger partial charge in [-0.25, -0.2) is 0 Å². The zero-order valence-corrected chi connectivity index (χ0v) is 24.2. The van der Waals surface area contributed by atoms with Crippen LogP contribution in [0.15, 0.2) is 170 Å². The van der Waals surface area contributed by atoms with E-state index in [0.29, 0.717) is 0 Å². The summed E-state index contributed by atoms with van der Waals surface area (Å²) in [6.07, 6.45) is 0. The molecule has 0 spiro atoms. The largest absolute Gasteiger partial charge is 0.0622 e. The highest BCUT2D eigenvalue weighted by atomic mass is 14.2. The van der Waals surface area contributed by atoms with Gasteiger partial charge in [0.25, 0.3) is 0 Å². The van der Waals surface area contributed by atoms with Crippen LogP contribution in [-0.2, 0) is 0 Å². The summed E-state index contributed by atoms with van der Waals surface area (Å²) in [6, 6.07) is 62.3. The van der Waals surface area contributed by atoms with Gasteiger partial charge in [-0.05, 0) is 105 Å². The second-order valence-corrected chi connectivity index (χ2v) is 11.7. The van der Waals surface area contributed by atoms with Crippen molar-refractivity contribution in [2.75, 3.05) is 0 Å². The third-order valence-electron chi connectivity index (χ3n) is 9.20. The summed E-state index contributed by atoms with van der Waals surface area (Å²) in [5.74, 6) is 0. The van der Waals surface area contributed by atoms with Gasteiger partial charge in [0.1, 0.15) is 0 Å². The van der Waals surface area contributed by atoms with E-state index in [1.165, 1.54) is 87.2 Å². The summed E-state index contributed by atoms with van der Waals surface area (Å²) < 4.78 is 0. The molecule has 44 heavy (non-hydrogen) atoms. The van der Waals surface area contributed by atoms with Crippen molar-refractivity contribution in [2.24, 2.45) is 0 Å². The van der Waals surface area contributed by atoms with Crippen LogP contribution in [-0.4, -0.2) is 0 Å². The highest BCUT2D eigenvalue weighted by molar-refractivity contribution is 6.22. The lowest BCUT2D eigenvalue weighted by Gasteiger charge is -2.18. The highest BCUT2D eigenvalue weighted by Gasteiger charge is 2.17. The van der Waals surface area contributed by atoms with Crippen molar-refractivity contribution in [2.45, 2.75) is 0 Å². The Balaban J connectivity index is 1.30. The standard InChI is InChI=1S/C44H28/c1-2-12-30(13-3-1)43-38-18-8-10-20-40(38)44(41-21-11-9-19-39(41)43)33-25-23-29-22-24-32(26-34(29)27-33)42-28-31-14-4-5-15-35(31)36-16-6-7-17-37(36)42/h1-28H. The molecular weight excluding hydrogens is 528 g/mol. The average Bonchev–Trinajstić information content (AvgIpc) is 3.10. The van der Waals surface area contributed by atoms with Gasteiger partial charge in [-0.15, -0.1) is 0 Å². The molecule has 9 rings (SSSR count). The van der Waals surface area contributed by atoms with Gasteiger partial charge in [-0.1, -0.05) is 152 Å². The number of rotatable bonds is 3. The summed E-state index contributed by atoms with van der Waals surface area (Å²) in [7, 11) is 0. The molecule has 0 atom stereocenters. The van der Waals surface area contributed by atoms with Gasteiger partial charge < -0.3 is 0 Å². The molecule has 0 saturated carbocycles. The van der Waals surface area contributed by atoms with Crippen LogP contribution in [0.2, 0.25) is 0 Å². The zero-order chi connectivity index (χ0) is 29.0. The Bertz CT molecular complexity index is 2480. The van der Waals surface area contributed by atoms with E-state index in [4.69, 9.17) is 0 Å². The summed E-state index contributed by atoms with van der Waals surface area (Å²) in [4.78, 5) is 0. The highest BCUT2D eigenvalue weighted by Crippen LogP contribution is 2.44. The van der Waals surface area contributed by atoms with Crippen molar-refractivity contribution in [3.63, 3.8) is 0 Å². The van der Waals surface area contributed by atoms with E-state index in [0.717, 1.165) is 0 Å². The topological polar surface area (TPSA) is 0 Å². The lowest BCUT2D eigenvalue weighted by Crippen LogP contribution is -1.91. The molecular formula is C44H28. The van der Waals surface area contributed by atoms with Crippen molar-refractivity contribution in [3.05, 3.63) is 170 Å². The molecule has 0 heterocycles. The molecule has 0 aliphatic carbocycles. The van der Waals surface area contributed by atoms with Gasteiger partial charge in [0.15, 0.2) is 0 Å². The van der Waals surface area contributed by atoms with Gasteiger partial charge >= 0.3 is 0 Å². The van der Waals surface area contributed by atoms with Gasteiger partial charge in [-0.3, -0.25) is 0 Å². The third kappa shape index (κ3) is 3.85. The van der Waals surface area contributed by atoms with Crippen molar-refractivity contribution in [3.8, 4) is 33.4 Å². The van der Waals surface area contributed by atoms with Gasteiger partial charge in [0.05, 0.1) is 0 Å². The Hall–Kier alpha value is -5.72. The molecule has 0 unspecified atom stereocenters. The fourth-order valence-corrected chi connectivity index (χ4v) is 7.22. The van der Waals surface area contributed by atoms with Crippen LogP contribution in [0.3, 0.4) is 0 Å². The molecule has 0 bridgehead atoms. The first kappa shape index (κ1) is 24.8. The second kappa shape index (κ2) is 9.93. The molecule has 0 N–H and O–H groups in total. The first-order valence-corrected chi connectivity index (χ1v) is 15.3. The van der Waals surface area contributed by atoms with Crippen LogP contribution in [0, 0.1) is 0 Å². The van der Waals surface area contributed by atoms with Gasteiger partial charge in [0, 0.05) is 0 Å². The van der Waals surface area contributed by atoms with Crippen LogP contribution < -0.4 is 0 Å². The molecule has 0 saturated heterocycles. The lowest BCUT2D eigenvalue weighted by molar-refractivity contribution is 1.66. The molecule has 0 aliphatic rings. The monoisotopic (exact) mass is 556 g/mol. The third-order valence-corrected chi connectivity index (χ3v) is 9.20. The van der Waals surface area contributed by atoms with E-state index in [-0.39, 0.29) is 0 Å². The fourth-order valence-electron chi connectivity index (χ4n) is 7.22. The van der Waals surface area contributed by atoms with E-state index >= 15 is 0 Å². The normalized spacial score (nSPS) is 11.6. The smallest absolute Gasteiger partial charge is 0.00262 e. The number of fused-ring (bicyclic) bond motifs is 6. The minimum absolute atomic E-state index is 1.24. The lowest BCUT2D eigenvalue weighted by atomic mass is 9.85. The fraction of sp³-hybridized carbons (Fsp3) is 0. The first-order chi connectivity index (χ1) is 21.8. The molecule has 9 aromatic carbocycles. The summed E-state index contributed by atoms with van der Waals surface area (Å²) in [6.45, 7) is 0. The SMILES string of the molecule is c1ccc(-c2c3ccccc3c(-c3ccc4ccc(-c5cc6ccccc6c6ccccc56)cc4c3)c3ccccc23)cc1. The Morgan fingerprint density at radius 3 is 1.36 bits per heavy atom. The van der Waals surface area contributed by atoms with E-state index in [9.17, 15) is 0 Å². The van der Waals surface area contributed by atoms with E-state index in [1.807, 2.05) is 0 Å². The average molecular weight is 557 g/mol. The van der Waals surface area contributed by atoms with E-state index < -0.39 is 0 Å². The molecule has 0 amide bonds. The minimum Gasteiger partial charge on any atom is -0.0622 e. The van der Waals surface area contributed by atoms with Gasteiger partial charge in [0.2, 0.25) is 0 Å². The molecule has 9 aromatic rings. The van der Waals surface area contributed by atoms with Gasteiger partial charge in [-0.2, -0.15) is 0 Å². The summed E-state index contributed by atoms with van der Waals surface area (Å²) in [5.41, 5.74) is 7.59. The number of hydrogen-bond acceptors (Lipinski definition) is 0. The molecule has 0 heteroatoms. The Morgan fingerprint density at radius 2 is 0.705 bits per heavy atom. The quantitative estimate of drug-likeness (QED) is 0.150. The Kier molecular flexibility index (Phi) is 5.61. The Morgan fingerprint density at radius 1 is 0.227 bits per heavy atom. The number of benzene rings is 9. The second-order valence-electron chi connectivity index (χ2n) is 11.7. The molecule has 0 nitrogen and oxygen atoms in total. The summed E-state index contributed by atoms with van der Waals surface area (Å²) in [5, 5.41) is 12.8. The molecule has 0 fully saturated rings. The predicted octanol–water partition coefficient (Wildman–Crippen LogP) is 12.5. The van der Waals surface area contributed by atoms with Crippen molar-refractivity contribution >= 4 is 53.9 Å². The predicted molar refractivity (Wildman–Crippen MR) is 190 cm³/mol. The van der Waals surface area contributed by atoms with E-state index in [1.54, 1.807) is 0 Å². The summed E-state index contributed by atoms with van der Waals surface area (Å²) >= 11 is 0. The minimum atomic E-state index is 1.24. The number of hydrogen-bond donors (Lipinski definition) is 0. The van der Waals surface area contributed by atoms with Crippen molar-refractivity contribution in [1.82, 2.24) is 0 Å². The van der Waals surface area contributed by atoms with Crippen LogP contribution in [0.1, 0.15) is 0 Å². The van der Waals surface area contributed by atoms with Crippen molar-refractivity contribution < 1.29 is 0 Å².